The second kappa shape index (κ2) is 8.31. The van der Waals surface area contributed by atoms with Crippen LogP contribution in [0.25, 0.3) is 0 Å². The molecule has 68 valence electrons. The first-order chi connectivity index (χ1) is 5.35. The zero-order chi connectivity index (χ0) is 8.53. The Labute approximate surface area is 74.3 Å². The average Bonchev–Trinajstić information content (AvgIpc) is 2.03. The molecule has 0 aromatic carbocycles. The molecule has 2 nitrogen and oxygen atoms in total. The minimum absolute atomic E-state index is 0.313. The van der Waals surface area contributed by atoms with Crippen molar-refractivity contribution in [1.82, 2.24) is 5.32 Å². The number of halogens is 1. The minimum Gasteiger partial charge on any atom is -0.383 e. The van der Waals surface area contributed by atoms with Crippen molar-refractivity contribution >= 4 is 11.6 Å². The Hall–Kier alpha value is 0.210. The van der Waals surface area contributed by atoms with Gasteiger partial charge in [-0.05, 0) is 13.0 Å². The molecule has 11 heavy (non-hydrogen) atoms. The highest BCUT2D eigenvalue weighted by molar-refractivity contribution is 6.18. The molecule has 0 spiro atoms. The zero-order valence-corrected chi connectivity index (χ0v) is 8.16. The van der Waals surface area contributed by atoms with Crippen molar-refractivity contribution < 1.29 is 4.74 Å². The Morgan fingerprint density at radius 2 is 2.27 bits per heavy atom. The van der Waals surface area contributed by atoms with E-state index in [-0.39, 0.29) is 0 Å². The van der Waals surface area contributed by atoms with Crippen LogP contribution in [0.4, 0.5) is 0 Å². The number of ether oxygens (including phenoxy) is 1. The number of hydrogen-bond donors (Lipinski definition) is 1. The Balaban J connectivity index is 3.20. The summed E-state index contributed by atoms with van der Waals surface area (Å²) in [6.45, 7) is 3.91. The summed E-state index contributed by atoms with van der Waals surface area (Å²) >= 11 is 5.68. The monoisotopic (exact) mass is 179 g/mol. The smallest absolute Gasteiger partial charge is 0.0627 e. The standard InChI is InChI=1S/C8H18ClNO/c1-3-4-5-10-8(6-9)7-11-2/h8,10H,3-7H2,1-2H3. The Kier molecular flexibility index (Phi) is 8.47. The van der Waals surface area contributed by atoms with Crippen LogP contribution in [0.15, 0.2) is 0 Å². The van der Waals surface area contributed by atoms with E-state index in [1.54, 1.807) is 7.11 Å². The lowest BCUT2D eigenvalue weighted by Gasteiger charge is -2.13. The number of alkyl halides is 1. The van der Waals surface area contributed by atoms with Crippen LogP contribution in [0, 0.1) is 0 Å². The zero-order valence-electron chi connectivity index (χ0n) is 7.40. The maximum Gasteiger partial charge on any atom is 0.0627 e. The maximum atomic E-state index is 5.68. The van der Waals surface area contributed by atoms with Gasteiger partial charge in [-0.25, -0.2) is 0 Å². The summed E-state index contributed by atoms with van der Waals surface area (Å²) in [6.07, 6.45) is 2.42. The van der Waals surface area contributed by atoms with Crippen LogP contribution in [-0.2, 0) is 4.74 Å². The molecule has 1 unspecified atom stereocenters. The topological polar surface area (TPSA) is 21.3 Å². The van der Waals surface area contributed by atoms with E-state index in [9.17, 15) is 0 Å². The van der Waals surface area contributed by atoms with Crippen molar-refractivity contribution in [2.45, 2.75) is 25.8 Å². The fourth-order valence-electron chi connectivity index (χ4n) is 0.842. The summed E-state index contributed by atoms with van der Waals surface area (Å²) in [4.78, 5) is 0. The molecule has 0 aliphatic heterocycles. The predicted octanol–water partition coefficient (Wildman–Crippen LogP) is 1.63. The molecular weight excluding hydrogens is 162 g/mol. The molecule has 0 aromatic rings. The minimum atomic E-state index is 0.313. The van der Waals surface area contributed by atoms with Gasteiger partial charge in [-0.15, -0.1) is 11.6 Å². The molecule has 0 heterocycles. The van der Waals surface area contributed by atoms with E-state index in [1.165, 1.54) is 12.8 Å². The lowest BCUT2D eigenvalue weighted by atomic mass is 10.3. The van der Waals surface area contributed by atoms with Crippen LogP contribution in [0.1, 0.15) is 19.8 Å². The molecule has 0 amide bonds. The Bertz CT molecular complexity index is 80.5. The average molecular weight is 180 g/mol. The summed E-state index contributed by atoms with van der Waals surface area (Å²) in [5, 5.41) is 3.31. The van der Waals surface area contributed by atoms with Gasteiger partial charge in [-0.3, -0.25) is 0 Å². The Morgan fingerprint density at radius 1 is 1.55 bits per heavy atom. The predicted molar refractivity (Wildman–Crippen MR) is 49.3 cm³/mol. The van der Waals surface area contributed by atoms with Crippen LogP contribution in [0.3, 0.4) is 0 Å². The lowest BCUT2D eigenvalue weighted by molar-refractivity contribution is 0.173. The van der Waals surface area contributed by atoms with Gasteiger partial charge < -0.3 is 10.1 Å². The van der Waals surface area contributed by atoms with Gasteiger partial charge in [0.2, 0.25) is 0 Å². The summed E-state index contributed by atoms with van der Waals surface area (Å²) in [7, 11) is 1.70. The fourth-order valence-corrected chi connectivity index (χ4v) is 1.04. The molecule has 0 fully saturated rings. The molecule has 0 saturated heterocycles. The van der Waals surface area contributed by atoms with E-state index in [4.69, 9.17) is 16.3 Å². The summed E-state index contributed by atoms with van der Waals surface area (Å²) < 4.78 is 4.98. The SMILES string of the molecule is CCCCNC(CCl)COC. The first-order valence-electron chi connectivity index (χ1n) is 4.13. The molecule has 0 saturated carbocycles. The van der Waals surface area contributed by atoms with Crippen molar-refractivity contribution in [3.8, 4) is 0 Å². The number of methoxy groups -OCH3 is 1. The van der Waals surface area contributed by atoms with Gasteiger partial charge in [0.25, 0.3) is 0 Å². The molecule has 0 bridgehead atoms. The first-order valence-corrected chi connectivity index (χ1v) is 4.66. The molecule has 0 rings (SSSR count). The second-order valence-electron chi connectivity index (χ2n) is 2.61. The van der Waals surface area contributed by atoms with E-state index in [0.717, 1.165) is 6.54 Å². The number of unbranched alkanes of at least 4 members (excludes halogenated alkanes) is 1. The van der Waals surface area contributed by atoms with E-state index in [0.29, 0.717) is 18.5 Å². The van der Waals surface area contributed by atoms with Crippen molar-refractivity contribution in [2.24, 2.45) is 0 Å². The van der Waals surface area contributed by atoms with Gasteiger partial charge in [0.15, 0.2) is 0 Å². The third-order valence-electron chi connectivity index (χ3n) is 1.52. The van der Waals surface area contributed by atoms with Gasteiger partial charge >= 0.3 is 0 Å². The molecule has 0 aliphatic carbocycles. The summed E-state index contributed by atoms with van der Waals surface area (Å²) in [5.74, 6) is 0.623. The lowest BCUT2D eigenvalue weighted by Crippen LogP contribution is -2.35. The molecule has 0 radical (unpaired) electrons. The van der Waals surface area contributed by atoms with Crippen molar-refractivity contribution in [2.75, 3.05) is 26.1 Å². The van der Waals surface area contributed by atoms with Crippen LogP contribution in [0.2, 0.25) is 0 Å². The highest BCUT2D eigenvalue weighted by Gasteiger charge is 2.03. The van der Waals surface area contributed by atoms with Crippen LogP contribution in [-0.4, -0.2) is 32.2 Å². The van der Waals surface area contributed by atoms with Gasteiger partial charge in [0.1, 0.15) is 0 Å². The largest absolute Gasteiger partial charge is 0.383 e. The molecule has 1 N–H and O–H groups in total. The third kappa shape index (κ3) is 6.60. The van der Waals surface area contributed by atoms with E-state index in [2.05, 4.69) is 12.2 Å². The molecule has 1 atom stereocenters. The second-order valence-corrected chi connectivity index (χ2v) is 2.92. The van der Waals surface area contributed by atoms with Crippen molar-refractivity contribution in [3.63, 3.8) is 0 Å². The highest BCUT2D eigenvalue weighted by Crippen LogP contribution is 1.91. The molecular formula is C8H18ClNO. The number of rotatable bonds is 7. The molecule has 0 aliphatic rings. The van der Waals surface area contributed by atoms with Crippen molar-refractivity contribution in [3.05, 3.63) is 0 Å². The van der Waals surface area contributed by atoms with Crippen molar-refractivity contribution in [1.29, 1.82) is 0 Å². The first kappa shape index (κ1) is 11.2. The van der Waals surface area contributed by atoms with Gasteiger partial charge in [0.05, 0.1) is 6.61 Å². The van der Waals surface area contributed by atoms with Gasteiger partial charge in [0, 0.05) is 19.0 Å². The fraction of sp³-hybridized carbons (Fsp3) is 1.00. The van der Waals surface area contributed by atoms with E-state index in [1.807, 2.05) is 0 Å². The molecule has 3 heteroatoms. The normalized spacial score (nSPS) is 13.4. The quantitative estimate of drug-likeness (QED) is 0.474. The van der Waals surface area contributed by atoms with Gasteiger partial charge in [-0.2, -0.15) is 0 Å². The van der Waals surface area contributed by atoms with Crippen LogP contribution >= 0.6 is 11.6 Å². The maximum absolute atomic E-state index is 5.68. The third-order valence-corrected chi connectivity index (χ3v) is 1.89. The Morgan fingerprint density at radius 3 is 2.73 bits per heavy atom. The van der Waals surface area contributed by atoms with Crippen LogP contribution < -0.4 is 5.32 Å². The number of nitrogens with one attached hydrogen (secondary N) is 1. The van der Waals surface area contributed by atoms with E-state index < -0.39 is 0 Å². The van der Waals surface area contributed by atoms with E-state index >= 15 is 0 Å². The van der Waals surface area contributed by atoms with Gasteiger partial charge in [-0.1, -0.05) is 13.3 Å². The summed E-state index contributed by atoms with van der Waals surface area (Å²) in [6, 6.07) is 0.313. The highest BCUT2D eigenvalue weighted by atomic mass is 35.5. The number of hydrogen-bond acceptors (Lipinski definition) is 2. The summed E-state index contributed by atoms with van der Waals surface area (Å²) in [5.41, 5.74) is 0. The molecule has 0 aromatic heterocycles. The van der Waals surface area contributed by atoms with Crippen LogP contribution in [0.5, 0.6) is 0 Å².